The molecule has 0 amide bonds. The zero-order valence-corrected chi connectivity index (χ0v) is 14.7. The highest BCUT2D eigenvalue weighted by atomic mass is 16.5. The zero-order valence-electron chi connectivity index (χ0n) is 14.7. The molecule has 2 rings (SSSR count). The van der Waals surface area contributed by atoms with Gasteiger partial charge in [-0.15, -0.1) is 0 Å². The average molecular weight is 320 g/mol. The van der Waals surface area contributed by atoms with Gasteiger partial charge < -0.3 is 15.2 Å². The second-order valence-corrected chi connectivity index (χ2v) is 6.28. The minimum Gasteiger partial charge on any atom is -0.493 e. The summed E-state index contributed by atoms with van der Waals surface area (Å²) >= 11 is 0. The first-order valence-corrected chi connectivity index (χ1v) is 9.05. The lowest BCUT2D eigenvalue weighted by Gasteiger charge is -2.35. The van der Waals surface area contributed by atoms with Gasteiger partial charge in [0, 0.05) is 12.1 Å². The molecule has 130 valence electrons. The van der Waals surface area contributed by atoms with Crippen LogP contribution in [0.2, 0.25) is 0 Å². The number of ether oxygens (including phenoxy) is 2. The highest BCUT2D eigenvalue weighted by Gasteiger charge is 2.25. The van der Waals surface area contributed by atoms with Crippen LogP contribution in [0.5, 0.6) is 11.5 Å². The van der Waals surface area contributed by atoms with Gasteiger partial charge in [-0.1, -0.05) is 38.3 Å². The normalized spacial score (nSPS) is 17.0. The molecule has 1 heterocycles. The van der Waals surface area contributed by atoms with Crippen LogP contribution >= 0.6 is 0 Å². The molecule has 2 N–H and O–H groups in total. The van der Waals surface area contributed by atoms with Crippen LogP contribution in [0.3, 0.4) is 0 Å². The summed E-state index contributed by atoms with van der Waals surface area (Å²) in [7, 11) is 1.70. The number of nitrogens with two attached hydrogens (primary N) is 1. The fraction of sp³-hybridized carbons (Fsp3) is 0.684. The molecular formula is C19H32N2O2. The van der Waals surface area contributed by atoms with Gasteiger partial charge in [0.25, 0.3) is 0 Å². The van der Waals surface area contributed by atoms with E-state index in [4.69, 9.17) is 15.2 Å². The molecule has 1 aliphatic heterocycles. The number of hydrogen-bond donors (Lipinski definition) is 1. The predicted molar refractivity (Wildman–Crippen MR) is 95.2 cm³/mol. The van der Waals surface area contributed by atoms with Crippen molar-refractivity contribution >= 4 is 0 Å². The van der Waals surface area contributed by atoms with Crippen molar-refractivity contribution in [1.29, 1.82) is 0 Å². The van der Waals surface area contributed by atoms with E-state index < -0.39 is 0 Å². The van der Waals surface area contributed by atoms with Gasteiger partial charge in [0.1, 0.15) is 0 Å². The van der Waals surface area contributed by atoms with Crippen LogP contribution < -0.4 is 15.2 Å². The van der Waals surface area contributed by atoms with Crippen molar-refractivity contribution in [2.45, 2.75) is 51.5 Å². The molecular weight excluding hydrogens is 288 g/mol. The number of para-hydroxylation sites is 1. The number of nitrogens with zero attached hydrogens (tertiary/aromatic N) is 1. The topological polar surface area (TPSA) is 47.7 Å². The molecule has 0 saturated carbocycles. The Morgan fingerprint density at radius 3 is 2.61 bits per heavy atom. The third-order valence-corrected chi connectivity index (χ3v) is 4.64. The van der Waals surface area contributed by atoms with Gasteiger partial charge in [-0.05, 0) is 38.4 Å². The lowest BCUT2D eigenvalue weighted by Crippen LogP contribution is -2.37. The molecule has 1 fully saturated rings. The Balaban J connectivity index is 2.20. The molecule has 1 aliphatic rings. The molecule has 1 saturated heterocycles. The minimum atomic E-state index is 0.214. The van der Waals surface area contributed by atoms with E-state index in [0.29, 0.717) is 6.54 Å². The lowest BCUT2D eigenvalue weighted by molar-refractivity contribution is 0.162. The maximum Gasteiger partial charge on any atom is 0.165 e. The number of methoxy groups -OCH3 is 1. The fourth-order valence-electron chi connectivity index (χ4n) is 3.34. The Bertz CT molecular complexity index is 459. The lowest BCUT2D eigenvalue weighted by atomic mass is 10.0. The number of likely N-dealkylation sites (tertiary alicyclic amines) is 1. The molecule has 0 aliphatic carbocycles. The quantitative estimate of drug-likeness (QED) is 0.704. The van der Waals surface area contributed by atoms with Crippen LogP contribution in [0.15, 0.2) is 18.2 Å². The number of hydrogen-bond acceptors (Lipinski definition) is 4. The van der Waals surface area contributed by atoms with Crippen LogP contribution in [0.1, 0.15) is 57.1 Å². The van der Waals surface area contributed by atoms with E-state index in [0.717, 1.165) is 37.6 Å². The van der Waals surface area contributed by atoms with Crippen molar-refractivity contribution in [2.75, 3.05) is 33.4 Å². The van der Waals surface area contributed by atoms with Gasteiger partial charge in [0.05, 0.1) is 19.8 Å². The SMILES string of the molecule is CCCCCOc1c(OC)cccc1C(CN)N1CCCCC1. The third-order valence-electron chi connectivity index (χ3n) is 4.64. The largest absolute Gasteiger partial charge is 0.493 e. The molecule has 0 aromatic heterocycles. The molecule has 4 heteroatoms. The molecule has 4 nitrogen and oxygen atoms in total. The predicted octanol–water partition coefficient (Wildman–Crippen LogP) is 3.75. The van der Waals surface area contributed by atoms with E-state index >= 15 is 0 Å². The average Bonchev–Trinajstić information content (AvgIpc) is 2.61. The van der Waals surface area contributed by atoms with E-state index in [1.54, 1.807) is 7.11 Å². The molecule has 0 radical (unpaired) electrons. The molecule has 0 spiro atoms. The Labute approximate surface area is 140 Å². The van der Waals surface area contributed by atoms with E-state index in [1.165, 1.54) is 37.7 Å². The van der Waals surface area contributed by atoms with Gasteiger partial charge in [-0.2, -0.15) is 0 Å². The van der Waals surface area contributed by atoms with Gasteiger partial charge in [-0.25, -0.2) is 0 Å². The molecule has 1 atom stereocenters. The van der Waals surface area contributed by atoms with Crippen LogP contribution in [0.25, 0.3) is 0 Å². The maximum absolute atomic E-state index is 6.13. The fourth-order valence-corrected chi connectivity index (χ4v) is 3.34. The maximum atomic E-state index is 6.13. The highest BCUT2D eigenvalue weighted by molar-refractivity contribution is 5.48. The summed E-state index contributed by atoms with van der Waals surface area (Å²) < 4.78 is 11.7. The number of piperidine rings is 1. The first-order valence-electron chi connectivity index (χ1n) is 9.05. The summed E-state index contributed by atoms with van der Waals surface area (Å²) in [5, 5.41) is 0. The number of unbranched alkanes of at least 4 members (excludes halogenated alkanes) is 2. The van der Waals surface area contributed by atoms with Crippen molar-refractivity contribution < 1.29 is 9.47 Å². The second-order valence-electron chi connectivity index (χ2n) is 6.28. The number of rotatable bonds is 9. The van der Waals surface area contributed by atoms with Crippen molar-refractivity contribution in [2.24, 2.45) is 5.73 Å². The van der Waals surface area contributed by atoms with E-state index in [1.807, 2.05) is 12.1 Å². The molecule has 1 aromatic rings. The van der Waals surface area contributed by atoms with Gasteiger partial charge >= 0.3 is 0 Å². The van der Waals surface area contributed by atoms with Crippen LogP contribution in [-0.2, 0) is 0 Å². The van der Waals surface area contributed by atoms with Crippen LogP contribution in [-0.4, -0.2) is 38.3 Å². The Hall–Kier alpha value is -1.26. The van der Waals surface area contributed by atoms with Crippen LogP contribution in [0.4, 0.5) is 0 Å². The molecule has 1 aromatic carbocycles. The highest BCUT2D eigenvalue weighted by Crippen LogP contribution is 2.37. The standard InChI is InChI=1S/C19H32N2O2/c1-3-4-8-14-23-19-16(10-9-11-18(19)22-2)17(15-20)21-12-6-5-7-13-21/h9-11,17H,3-8,12-15,20H2,1-2H3. The Kier molecular flexibility index (Phi) is 7.69. The summed E-state index contributed by atoms with van der Waals surface area (Å²) in [5.41, 5.74) is 7.31. The first kappa shape index (κ1) is 18.1. The van der Waals surface area contributed by atoms with Gasteiger partial charge in [-0.3, -0.25) is 4.90 Å². The van der Waals surface area contributed by atoms with Crippen molar-refractivity contribution in [3.8, 4) is 11.5 Å². The molecule has 0 bridgehead atoms. The Morgan fingerprint density at radius 2 is 1.96 bits per heavy atom. The summed E-state index contributed by atoms with van der Waals surface area (Å²) in [4.78, 5) is 2.50. The first-order chi connectivity index (χ1) is 11.3. The monoisotopic (exact) mass is 320 g/mol. The van der Waals surface area contributed by atoms with Gasteiger partial charge in [0.15, 0.2) is 11.5 Å². The number of benzene rings is 1. The summed E-state index contributed by atoms with van der Waals surface area (Å²) in [6.45, 7) is 5.79. The summed E-state index contributed by atoms with van der Waals surface area (Å²) in [6, 6.07) is 6.37. The molecule has 23 heavy (non-hydrogen) atoms. The van der Waals surface area contributed by atoms with Crippen molar-refractivity contribution in [1.82, 2.24) is 4.90 Å². The summed E-state index contributed by atoms with van der Waals surface area (Å²) in [5.74, 6) is 1.70. The van der Waals surface area contributed by atoms with Crippen molar-refractivity contribution in [3.05, 3.63) is 23.8 Å². The smallest absolute Gasteiger partial charge is 0.165 e. The zero-order chi connectivity index (χ0) is 16.5. The molecule has 1 unspecified atom stereocenters. The third kappa shape index (κ3) is 4.85. The second kappa shape index (κ2) is 9.78. The summed E-state index contributed by atoms with van der Waals surface area (Å²) in [6.07, 6.45) is 7.30. The van der Waals surface area contributed by atoms with Crippen molar-refractivity contribution in [3.63, 3.8) is 0 Å². The van der Waals surface area contributed by atoms with E-state index in [9.17, 15) is 0 Å². The minimum absolute atomic E-state index is 0.214. The Morgan fingerprint density at radius 1 is 1.17 bits per heavy atom. The van der Waals surface area contributed by atoms with E-state index in [-0.39, 0.29) is 6.04 Å². The van der Waals surface area contributed by atoms with Crippen LogP contribution in [0, 0.1) is 0 Å². The van der Waals surface area contributed by atoms with E-state index in [2.05, 4.69) is 17.9 Å². The van der Waals surface area contributed by atoms with Gasteiger partial charge in [0.2, 0.25) is 0 Å².